The summed E-state index contributed by atoms with van der Waals surface area (Å²) in [6.45, 7) is 1.14. The molecule has 0 spiro atoms. The average Bonchev–Trinajstić information content (AvgIpc) is 2.35. The summed E-state index contributed by atoms with van der Waals surface area (Å²) in [5.74, 6) is -3.65. The first-order valence-electron chi connectivity index (χ1n) is 6.19. The largest absolute Gasteiger partial charge is 0.425 e. The van der Waals surface area contributed by atoms with Crippen LogP contribution >= 0.6 is 0 Å². The molecule has 0 bridgehead atoms. The van der Waals surface area contributed by atoms with Crippen LogP contribution in [0.1, 0.15) is 50.6 Å². The van der Waals surface area contributed by atoms with Gasteiger partial charge < -0.3 is 5.21 Å². The van der Waals surface area contributed by atoms with Gasteiger partial charge in [0.1, 0.15) is 5.69 Å². The first-order valence-corrected chi connectivity index (χ1v) is 5.69. The number of halogens is 2. The van der Waals surface area contributed by atoms with Crippen LogP contribution in [-0.4, -0.2) is 9.94 Å². The van der Waals surface area contributed by atoms with Crippen molar-refractivity contribution in [1.29, 1.82) is 0 Å². The predicted octanol–water partition coefficient (Wildman–Crippen LogP) is 2.72. The topological polar surface area (TPSA) is 42.2 Å². The third-order valence-electron chi connectivity index (χ3n) is 3.25. The monoisotopic (exact) mass is 244 g/mol. The predicted molar refractivity (Wildman–Crippen MR) is 58.4 cm³/mol. The molecule has 0 unspecified atom stereocenters. The van der Waals surface area contributed by atoms with E-state index in [1.807, 2.05) is 0 Å². The van der Waals surface area contributed by atoms with Gasteiger partial charge >= 0.3 is 5.56 Å². The maximum absolute atomic E-state index is 14.1. The Morgan fingerprint density at radius 2 is 1.88 bits per heavy atom. The van der Waals surface area contributed by atoms with Crippen molar-refractivity contribution in [2.75, 3.05) is 0 Å². The summed E-state index contributed by atoms with van der Waals surface area (Å²) in [5.41, 5.74) is -2.13. The molecule has 5 heteroatoms. The zero-order valence-electron chi connectivity index (χ0n) is 10.6. The average molecular weight is 244 g/mol. The van der Waals surface area contributed by atoms with E-state index >= 15 is 0 Å². The second kappa shape index (κ2) is 4.47. The molecule has 17 heavy (non-hydrogen) atoms. The molecule has 0 atom stereocenters. The summed E-state index contributed by atoms with van der Waals surface area (Å²) in [6, 6.07) is 0. The fraction of sp³-hybridized carbons (Fsp3) is 0.583. The smallest absolute Gasteiger partial charge is 0.319 e. The third-order valence-corrected chi connectivity index (χ3v) is 3.25. The molecule has 0 saturated heterocycles. The molecule has 0 aliphatic heterocycles. The maximum atomic E-state index is 14.1. The lowest BCUT2D eigenvalue weighted by molar-refractivity contribution is 0.145. The van der Waals surface area contributed by atoms with E-state index in [2.05, 4.69) is 0 Å². The molecular weight excluding hydrogens is 228 g/mol. The van der Waals surface area contributed by atoms with E-state index in [4.69, 9.17) is 1.37 Å². The van der Waals surface area contributed by atoms with Crippen molar-refractivity contribution >= 4 is 0 Å². The molecule has 1 aliphatic carbocycles. The van der Waals surface area contributed by atoms with E-state index in [1.165, 1.54) is 0 Å². The van der Waals surface area contributed by atoms with Crippen LogP contribution in [0.2, 0.25) is 0 Å². The molecule has 1 aromatic rings. The van der Waals surface area contributed by atoms with Crippen LogP contribution in [0.5, 0.6) is 0 Å². The zero-order chi connectivity index (χ0) is 13.5. The Labute approximate surface area is 99.1 Å². The second-order valence-electron chi connectivity index (χ2n) is 4.38. The van der Waals surface area contributed by atoms with Gasteiger partial charge in [0.05, 0.1) is 0 Å². The van der Waals surface area contributed by atoms with E-state index in [0.29, 0.717) is 12.8 Å². The molecule has 3 nitrogen and oxygen atoms in total. The number of hydrogen-bond acceptors (Lipinski definition) is 2. The van der Waals surface area contributed by atoms with E-state index < -0.39 is 34.3 Å². The van der Waals surface area contributed by atoms with Crippen molar-refractivity contribution in [1.82, 2.24) is 4.73 Å². The van der Waals surface area contributed by atoms with Crippen molar-refractivity contribution in [3.05, 3.63) is 33.2 Å². The van der Waals surface area contributed by atoms with Crippen LogP contribution in [0.15, 0.2) is 4.79 Å². The fourth-order valence-corrected chi connectivity index (χ4v) is 2.24. The normalized spacial score (nSPS) is 20.1. The minimum absolute atomic E-state index is 0.0318. The van der Waals surface area contributed by atoms with Crippen LogP contribution in [0, 0.1) is 18.6 Å². The van der Waals surface area contributed by atoms with Crippen LogP contribution in [-0.2, 0) is 0 Å². The van der Waals surface area contributed by atoms with Crippen molar-refractivity contribution < 1.29 is 15.4 Å². The number of aromatic nitrogens is 1. The summed E-state index contributed by atoms with van der Waals surface area (Å²) in [6.07, 6.45) is 3.11. The first-order chi connectivity index (χ1) is 8.38. The van der Waals surface area contributed by atoms with E-state index in [0.717, 1.165) is 26.2 Å². The molecule has 1 heterocycles. The fourth-order valence-electron chi connectivity index (χ4n) is 2.24. The number of hydrogen-bond donors (Lipinski definition) is 1. The summed E-state index contributed by atoms with van der Waals surface area (Å²) in [5, 5.41) is 9.61. The molecule has 1 aliphatic rings. The van der Waals surface area contributed by atoms with Gasteiger partial charge in [0, 0.05) is 12.8 Å². The molecule has 1 saturated carbocycles. The first kappa shape index (κ1) is 10.7. The molecule has 94 valence electrons. The summed E-state index contributed by atoms with van der Waals surface area (Å²) in [4.78, 5) is 11.4. The minimum atomic E-state index is -1.35. The Kier molecular flexibility index (Phi) is 2.82. The number of pyridine rings is 1. The molecule has 0 amide bonds. The highest BCUT2D eigenvalue weighted by Crippen LogP contribution is 2.33. The number of nitrogens with zero attached hydrogens (tertiary/aromatic N) is 1. The highest BCUT2D eigenvalue weighted by Gasteiger charge is 2.27. The highest BCUT2D eigenvalue weighted by molar-refractivity contribution is 5.23. The van der Waals surface area contributed by atoms with Gasteiger partial charge in [-0.05, 0) is 19.8 Å². The van der Waals surface area contributed by atoms with Gasteiger partial charge in [-0.3, -0.25) is 4.79 Å². The lowest BCUT2D eigenvalue weighted by atomic mass is 9.86. The van der Waals surface area contributed by atoms with Gasteiger partial charge in [-0.2, -0.15) is 0 Å². The summed E-state index contributed by atoms with van der Waals surface area (Å²) in [7, 11) is 0. The van der Waals surface area contributed by atoms with Gasteiger partial charge in [-0.15, -0.1) is 4.73 Å². The van der Waals surface area contributed by atoms with Gasteiger partial charge in [0.2, 0.25) is 0 Å². The van der Waals surface area contributed by atoms with Crippen molar-refractivity contribution in [3.63, 3.8) is 0 Å². The molecule has 1 N–H and O–H groups in total. The van der Waals surface area contributed by atoms with E-state index in [1.54, 1.807) is 0 Å². The molecule has 0 radical (unpaired) electrons. The standard InChI is InChI=1S/C12H15F2NO2/c1-7-9(13)11(8-5-3-2-4-6-8)15(17)12(16)10(7)14/h8,17H,2-6H2,1H3/i8D. The Bertz CT molecular complexity index is 536. The Morgan fingerprint density at radius 1 is 1.29 bits per heavy atom. The number of rotatable bonds is 1. The Morgan fingerprint density at radius 3 is 2.47 bits per heavy atom. The van der Waals surface area contributed by atoms with Gasteiger partial charge in [-0.1, -0.05) is 19.3 Å². The maximum Gasteiger partial charge on any atom is 0.319 e. The summed E-state index contributed by atoms with van der Waals surface area (Å²) >= 11 is 0. The van der Waals surface area contributed by atoms with Crippen LogP contribution in [0.4, 0.5) is 8.78 Å². The quantitative estimate of drug-likeness (QED) is 0.772. The second-order valence-corrected chi connectivity index (χ2v) is 4.38. The van der Waals surface area contributed by atoms with Crippen LogP contribution in [0.3, 0.4) is 0 Å². The van der Waals surface area contributed by atoms with Gasteiger partial charge in [-0.25, -0.2) is 8.78 Å². The lowest BCUT2D eigenvalue weighted by Crippen LogP contribution is -2.29. The van der Waals surface area contributed by atoms with Gasteiger partial charge in [0.15, 0.2) is 11.6 Å². The highest BCUT2D eigenvalue weighted by atomic mass is 19.1. The molecular formula is C12H15F2NO2. The van der Waals surface area contributed by atoms with E-state index in [9.17, 15) is 18.8 Å². The Hall–Kier alpha value is -1.39. The van der Waals surface area contributed by atoms with Crippen molar-refractivity contribution in [3.8, 4) is 0 Å². The van der Waals surface area contributed by atoms with E-state index in [-0.39, 0.29) is 4.73 Å². The third kappa shape index (κ3) is 1.94. The molecule has 1 fully saturated rings. The lowest BCUT2D eigenvalue weighted by Gasteiger charge is -2.23. The Balaban J connectivity index is 2.67. The zero-order valence-corrected chi connectivity index (χ0v) is 9.59. The van der Waals surface area contributed by atoms with Crippen LogP contribution in [0.25, 0.3) is 0 Å². The van der Waals surface area contributed by atoms with Crippen LogP contribution < -0.4 is 5.56 Å². The molecule has 0 aromatic carbocycles. The van der Waals surface area contributed by atoms with Crippen molar-refractivity contribution in [2.45, 2.75) is 44.9 Å². The van der Waals surface area contributed by atoms with Gasteiger partial charge in [0.25, 0.3) is 0 Å². The molecule has 2 rings (SSSR count). The summed E-state index contributed by atoms with van der Waals surface area (Å²) < 4.78 is 35.6. The SMILES string of the molecule is [2H]C1(c2c(F)c(C)c(F)c(=O)n2O)CCCCC1. The van der Waals surface area contributed by atoms with Crippen molar-refractivity contribution in [2.24, 2.45) is 0 Å². The molecule has 1 aromatic heterocycles. The minimum Gasteiger partial charge on any atom is -0.425 e.